The number of hydrogen-bond acceptors (Lipinski definition) is 6. The normalized spacial score (nSPS) is 16.2. The molecule has 0 atom stereocenters. The van der Waals surface area contributed by atoms with Gasteiger partial charge in [0.1, 0.15) is 23.0 Å². The lowest BCUT2D eigenvalue weighted by molar-refractivity contribution is 0.0363. The monoisotopic (exact) mass is 417 g/mol. The number of carbonyl (C=O) groups is 2. The van der Waals surface area contributed by atoms with Crippen LogP contribution in [0.2, 0.25) is 0 Å². The summed E-state index contributed by atoms with van der Waals surface area (Å²) in [7, 11) is 1.62. The second kappa shape index (κ2) is 8.09. The van der Waals surface area contributed by atoms with E-state index >= 15 is 0 Å². The van der Waals surface area contributed by atoms with Gasteiger partial charge in [-0.3, -0.25) is 14.5 Å². The molecule has 1 aromatic heterocycles. The van der Waals surface area contributed by atoms with Crippen molar-refractivity contribution in [2.75, 3.05) is 40.0 Å². The third-order valence-electron chi connectivity index (χ3n) is 5.91. The highest BCUT2D eigenvalue weighted by atomic mass is 16.5. The molecular weight excluding hydrogens is 394 g/mol. The Kier molecular flexibility index (Phi) is 5.13. The van der Waals surface area contributed by atoms with E-state index in [4.69, 9.17) is 9.47 Å². The maximum Gasteiger partial charge on any atom is 0.214 e. The van der Waals surface area contributed by atoms with Crippen molar-refractivity contribution in [3.8, 4) is 17.1 Å². The Hall–Kier alpha value is -3.29. The van der Waals surface area contributed by atoms with Crippen molar-refractivity contribution >= 4 is 11.6 Å². The van der Waals surface area contributed by atoms with Crippen LogP contribution in [0.1, 0.15) is 32.1 Å². The van der Waals surface area contributed by atoms with Crippen LogP contribution in [0.4, 0.5) is 0 Å². The van der Waals surface area contributed by atoms with Gasteiger partial charge in [0.05, 0.1) is 20.3 Å². The molecule has 1 saturated heterocycles. The van der Waals surface area contributed by atoms with Gasteiger partial charge in [-0.1, -0.05) is 24.3 Å². The van der Waals surface area contributed by atoms with E-state index in [-0.39, 0.29) is 17.3 Å². The molecule has 0 amide bonds. The minimum Gasteiger partial charge on any atom is -0.497 e. The lowest BCUT2D eigenvalue weighted by atomic mass is 9.90. The number of morpholine rings is 1. The van der Waals surface area contributed by atoms with Crippen molar-refractivity contribution in [1.82, 2.24) is 14.5 Å². The summed E-state index contributed by atoms with van der Waals surface area (Å²) in [4.78, 5) is 33.6. The molecule has 5 rings (SSSR count). The van der Waals surface area contributed by atoms with Crippen molar-refractivity contribution in [2.24, 2.45) is 0 Å². The van der Waals surface area contributed by atoms with Crippen LogP contribution < -0.4 is 4.74 Å². The van der Waals surface area contributed by atoms with Crippen LogP contribution >= 0.6 is 0 Å². The predicted octanol–water partition coefficient (Wildman–Crippen LogP) is 2.67. The highest BCUT2D eigenvalue weighted by molar-refractivity contribution is 6.27. The number of ketones is 2. The molecule has 0 unspecified atom stereocenters. The van der Waals surface area contributed by atoms with Crippen LogP contribution in [0.5, 0.6) is 5.75 Å². The molecule has 2 aliphatic rings. The van der Waals surface area contributed by atoms with E-state index in [1.807, 2.05) is 28.8 Å². The van der Waals surface area contributed by atoms with E-state index in [2.05, 4.69) is 9.88 Å². The molecule has 0 saturated carbocycles. The van der Waals surface area contributed by atoms with E-state index in [0.29, 0.717) is 42.4 Å². The maximum atomic E-state index is 13.4. The average Bonchev–Trinajstić information content (AvgIpc) is 3.22. The van der Waals surface area contributed by atoms with E-state index in [0.717, 1.165) is 30.9 Å². The zero-order valence-corrected chi connectivity index (χ0v) is 17.3. The van der Waals surface area contributed by atoms with Crippen LogP contribution in [0.15, 0.2) is 48.5 Å². The molecule has 2 heterocycles. The van der Waals surface area contributed by atoms with Gasteiger partial charge in [-0.15, -0.1) is 0 Å². The van der Waals surface area contributed by atoms with Gasteiger partial charge in [0.15, 0.2) is 0 Å². The fraction of sp³-hybridized carbons (Fsp3) is 0.292. The Morgan fingerprint density at radius 2 is 1.61 bits per heavy atom. The quantitative estimate of drug-likeness (QED) is 0.497. The SMILES string of the molecule is COc1ccc(-c2nc3c(n2CCN2CCOCC2)C(=O)c2ccccc2C3=O)cc1. The zero-order valence-electron chi connectivity index (χ0n) is 17.3. The number of methoxy groups -OCH3 is 1. The summed E-state index contributed by atoms with van der Waals surface area (Å²) in [5, 5.41) is 0. The largest absolute Gasteiger partial charge is 0.497 e. The Morgan fingerprint density at radius 3 is 2.29 bits per heavy atom. The van der Waals surface area contributed by atoms with Gasteiger partial charge < -0.3 is 14.0 Å². The predicted molar refractivity (Wildman–Crippen MR) is 115 cm³/mol. The summed E-state index contributed by atoms with van der Waals surface area (Å²) in [6, 6.07) is 14.5. The second-order valence-electron chi connectivity index (χ2n) is 7.67. The number of rotatable bonds is 5. The smallest absolute Gasteiger partial charge is 0.214 e. The van der Waals surface area contributed by atoms with Crippen LogP contribution in [-0.4, -0.2) is 66.0 Å². The Morgan fingerprint density at radius 1 is 0.935 bits per heavy atom. The summed E-state index contributed by atoms with van der Waals surface area (Å²) < 4.78 is 12.6. The van der Waals surface area contributed by atoms with Gasteiger partial charge in [-0.05, 0) is 24.3 Å². The standard InChI is InChI=1S/C24H23N3O4/c1-30-17-8-6-16(7-9-17)24-25-20-21(27(24)11-10-26-12-14-31-15-13-26)23(29)19-5-3-2-4-18(19)22(20)28/h2-9H,10-15H2,1H3. The Bertz CT molecular complexity index is 1140. The Balaban J connectivity index is 1.60. The lowest BCUT2D eigenvalue weighted by Crippen LogP contribution is -2.38. The van der Waals surface area contributed by atoms with Gasteiger partial charge in [0.25, 0.3) is 0 Å². The van der Waals surface area contributed by atoms with Crippen molar-refractivity contribution < 1.29 is 19.1 Å². The maximum absolute atomic E-state index is 13.4. The number of imidazole rings is 1. The van der Waals surface area contributed by atoms with Crippen molar-refractivity contribution in [2.45, 2.75) is 6.54 Å². The molecule has 0 bridgehead atoms. The van der Waals surface area contributed by atoms with Gasteiger partial charge in [-0.2, -0.15) is 0 Å². The molecule has 1 aliphatic heterocycles. The number of fused-ring (bicyclic) bond motifs is 2. The fourth-order valence-corrected chi connectivity index (χ4v) is 4.22. The number of carbonyl (C=O) groups excluding carboxylic acids is 2. The molecule has 0 radical (unpaired) electrons. The minimum atomic E-state index is -0.204. The van der Waals surface area contributed by atoms with E-state index in [1.165, 1.54) is 0 Å². The second-order valence-corrected chi connectivity index (χ2v) is 7.67. The van der Waals surface area contributed by atoms with Crippen LogP contribution in [0.25, 0.3) is 11.4 Å². The van der Waals surface area contributed by atoms with Crippen LogP contribution in [-0.2, 0) is 11.3 Å². The molecule has 31 heavy (non-hydrogen) atoms. The number of ether oxygens (including phenoxy) is 2. The first-order valence-corrected chi connectivity index (χ1v) is 10.4. The summed E-state index contributed by atoms with van der Waals surface area (Å²) in [5.74, 6) is 0.999. The summed E-state index contributed by atoms with van der Waals surface area (Å²) in [5.41, 5.74) is 2.30. The molecular formula is C24H23N3O4. The van der Waals surface area contributed by atoms with Crippen LogP contribution in [0, 0.1) is 0 Å². The first kappa shape index (κ1) is 19.7. The van der Waals surface area contributed by atoms with E-state index in [9.17, 15) is 9.59 Å². The third kappa shape index (κ3) is 3.45. The van der Waals surface area contributed by atoms with Crippen molar-refractivity contribution in [3.63, 3.8) is 0 Å². The molecule has 3 aromatic rings. The fourth-order valence-electron chi connectivity index (χ4n) is 4.22. The van der Waals surface area contributed by atoms with Gasteiger partial charge in [-0.25, -0.2) is 4.98 Å². The molecule has 7 nitrogen and oxygen atoms in total. The number of hydrogen-bond donors (Lipinski definition) is 0. The first-order chi connectivity index (χ1) is 15.2. The molecule has 2 aromatic carbocycles. The molecule has 0 N–H and O–H groups in total. The number of benzene rings is 2. The van der Waals surface area contributed by atoms with Gasteiger partial charge in [0.2, 0.25) is 11.6 Å². The molecule has 158 valence electrons. The van der Waals surface area contributed by atoms with Gasteiger partial charge in [0, 0.05) is 42.9 Å². The Labute approximate surface area is 180 Å². The first-order valence-electron chi connectivity index (χ1n) is 10.4. The summed E-state index contributed by atoms with van der Waals surface area (Å²) in [6.07, 6.45) is 0. The highest BCUT2D eigenvalue weighted by Crippen LogP contribution is 2.32. The molecule has 1 aliphatic carbocycles. The molecule has 7 heteroatoms. The minimum absolute atomic E-state index is 0.153. The zero-order chi connectivity index (χ0) is 21.4. The number of aromatic nitrogens is 2. The number of nitrogens with zero attached hydrogens (tertiary/aromatic N) is 3. The average molecular weight is 417 g/mol. The topological polar surface area (TPSA) is 73.7 Å². The third-order valence-corrected chi connectivity index (χ3v) is 5.91. The summed E-state index contributed by atoms with van der Waals surface area (Å²) >= 11 is 0. The molecule has 1 fully saturated rings. The van der Waals surface area contributed by atoms with Crippen LogP contribution in [0.3, 0.4) is 0 Å². The van der Waals surface area contributed by atoms with Gasteiger partial charge >= 0.3 is 0 Å². The van der Waals surface area contributed by atoms with E-state index in [1.54, 1.807) is 31.4 Å². The lowest BCUT2D eigenvalue weighted by Gasteiger charge is -2.27. The highest BCUT2D eigenvalue weighted by Gasteiger charge is 2.36. The van der Waals surface area contributed by atoms with E-state index < -0.39 is 0 Å². The molecule has 0 spiro atoms. The van der Waals surface area contributed by atoms with Crippen molar-refractivity contribution in [1.29, 1.82) is 0 Å². The van der Waals surface area contributed by atoms with Crippen molar-refractivity contribution in [3.05, 3.63) is 71.0 Å². The summed E-state index contributed by atoms with van der Waals surface area (Å²) in [6.45, 7) is 4.43.